The molecule has 2 heterocycles. The van der Waals surface area contributed by atoms with Crippen molar-refractivity contribution in [2.45, 2.75) is 26.3 Å². The molecule has 0 atom stereocenters. The number of likely N-dealkylation sites (tertiary alicyclic amines) is 1. The Morgan fingerprint density at radius 3 is 2.59 bits per heavy atom. The van der Waals surface area contributed by atoms with Crippen molar-refractivity contribution in [3.8, 4) is 11.1 Å². The van der Waals surface area contributed by atoms with Gasteiger partial charge in [-0.05, 0) is 68.2 Å². The molecule has 1 fully saturated rings. The number of nitrogens with one attached hydrogen (secondary N) is 1. The van der Waals surface area contributed by atoms with Crippen LogP contribution in [0.5, 0.6) is 0 Å². The molecule has 1 N–H and O–H groups in total. The molecule has 0 bridgehead atoms. The molecule has 1 aromatic heterocycles. The third-order valence-corrected chi connectivity index (χ3v) is 6.43. The highest BCUT2D eigenvalue weighted by atomic mass is 35.5. The highest BCUT2D eigenvalue weighted by Gasteiger charge is 2.25. The average molecular weight is 426 g/mol. The summed E-state index contributed by atoms with van der Waals surface area (Å²) >= 11 is 7.86. The van der Waals surface area contributed by atoms with Crippen LogP contribution in [0.4, 0.5) is 5.69 Å². The van der Waals surface area contributed by atoms with Gasteiger partial charge in [-0.3, -0.25) is 9.69 Å². The van der Waals surface area contributed by atoms with Crippen LogP contribution in [0, 0.1) is 12.8 Å². The summed E-state index contributed by atoms with van der Waals surface area (Å²) in [6.45, 7) is 4.85. The lowest BCUT2D eigenvalue weighted by Crippen LogP contribution is -2.37. The standard InChI is InChI=1S/C23H24ClN3OS/c1-16-25-14-22(29-16)15-27-10-8-17(9-11-27)23(28)26-21-7-3-5-19(13-21)18-4-2-6-20(24)12-18/h2-7,12-14,17H,8-11,15H2,1H3,(H,26,28). The Kier molecular flexibility index (Phi) is 6.28. The number of piperidine rings is 1. The van der Waals surface area contributed by atoms with Gasteiger partial charge in [-0.25, -0.2) is 4.98 Å². The number of halogens is 1. The minimum absolute atomic E-state index is 0.0595. The van der Waals surface area contributed by atoms with Gasteiger partial charge < -0.3 is 5.32 Å². The van der Waals surface area contributed by atoms with Crippen molar-refractivity contribution in [3.05, 3.63) is 69.6 Å². The predicted octanol–water partition coefficient (Wildman–Crippen LogP) is 5.62. The molecule has 1 amide bonds. The van der Waals surface area contributed by atoms with Crippen molar-refractivity contribution < 1.29 is 4.79 Å². The van der Waals surface area contributed by atoms with Crippen LogP contribution in [-0.2, 0) is 11.3 Å². The Morgan fingerprint density at radius 1 is 1.17 bits per heavy atom. The van der Waals surface area contributed by atoms with Gasteiger partial charge >= 0.3 is 0 Å². The molecular formula is C23H24ClN3OS. The van der Waals surface area contributed by atoms with Crippen LogP contribution in [0.1, 0.15) is 22.7 Å². The van der Waals surface area contributed by atoms with Gasteiger partial charge in [0.2, 0.25) is 5.91 Å². The fourth-order valence-electron chi connectivity index (χ4n) is 3.74. The molecule has 1 aliphatic rings. The van der Waals surface area contributed by atoms with Crippen LogP contribution >= 0.6 is 22.9 Å². The van der Waals surface area contributed by atoms with Gasteiger partial charge in [-0.15, -0.1) is 11.3 Å². The van der Waals surface area contributed by atoms with E-state index in [-0.39, 0.29) is 11.8 Å². The van der Waals surface area contributed by atoms with Gasteiger partial charge in [0.25, 0.3) is 0 Å². The Morgan fingerprint density at radius 2 is 1.90 bits per heavy atom. The van der Waals surface area contributed by atoms with Crippen LogP contribution in [0.3, 0.4) is 0 Å². The normalized spacial score (nSPS) is 15.4. The number of rotatable bonds is 5. The van der Waals surface area contributed by atoms with Crippen molar-refractivity contribution in [3.63, 3.8) is 0 Å². The Labute approximate surface area is 180 Å². The zero-order chi connectivity index (χ0) is 20.2. The molecule has 150 valence electrons. The van der Waals surface area contributed by atoms with E-state index in [9.17, 15) is 4.79 Å². The average Bonchev–Trinajstić information content (AvgIpc) is 3.13. The number of aryl methyl sites for hydroxylation is 1. The molecule has 6 heteroatoms. The maximum atomic E-state index is 12.8. The second kappa shape index (κ2) is 9.08. The zero-order valence-electron chi connectivity index (χ0n) is 16.4. The van der Waals surface area contributed by atoms with Crippen LogP contribution in [0.15, 0.2) is 54.7 Å². The van der Waals surface area contributed by atoms with Crippen molar-refractivity contribution in [1.82, 2.24) is 9.88 Å². The van der Waals surface area contributed by atoms with Crippen LogP contribution < -0.4 is 5.32 Å². The summed E-state index contributed by atoms with van der Waals surface area (Å²) in [5, 5.41) is 4.92. The van der Waals surface area contributed by atoms with Crippen molar-refractivity contribution in [2.24, 2.45) is 5.92 Å². The monoisotopic (exact) mass is 425 g/mol. The lowest BCUT2D eigenvalue weighted by atomic mass is 9.95. The summed E-state index contributed by atoms with van der Waals surface area (Å²) < 4.78 is 0. The molecule has 4 nitrogen and oxygen atoms in total. The van der Waals surface area contributed by atoms with E-state index in [2.05, 4.69) is 15.2 Å². The highest BCUT2D eigenvalue weighted by Crippen LogP contribution is 2.27. The van der Waals surface area contributed by atoms with Gasteiger partial charge in [0, 0.05) is 34.2 Å². The molecule has 0 aliphatic carbocycles. The van der Waals surface area contributed by atoms with Crippen LogP contribution in [0.2, 0.25) is 5.02 Å². The maximum Gasteiger partial charge on any atom is 0.227 e. The number of hydrogen-bond acceptors (Lipinski definition) is 4. The molecule has 29 heavy (non-hydrogen) atoms. The van der Waals surface area contributed by atoms with E-state index in [1.54, 1.807) is 11.3 Å². The number of aromatic nitrogens is 1. The summed E-state index contributed by atoms with van der Waals surface area (Å²) in [6, 6.07) is 15.7. The molecule has 0 unspecified atom stereocenters. The largest absolute Gasteiger partial charge is 0.326 e. The van der Waals surface area contributed by atoms with Crippen LogP contribution in [-0.4, -0.2) is 28.9 Å². The van der Waals surface area contributed by atoms with Gasteiger partial charge in [0.1, 0.15) is 0 Å². The summed E-state index contributed by atoms with van der Waals surface area (Å²) in [6.07, 6.45) is 3.74. The van der Waals surface area contributed by atoms with E-state index in [1.807, 2.05) is 61.7 Å². The van der Waals surface area contributed by atoms with E-state index in [0.29, 0.717) is 5.02 Å². The van der Waals surface area contributed by atoms with E-state index in [0.717, 1.165) is 54.3 Å². The summed E-state index contributed by atoms with van der Waals surface area (Å²) in [5.74, 6) is 0.172. The van der Waals surface area contributed by atoms with Crippen LogP contribution in [0.25, 0.3) is 11.1 Å². The Bertz CT molecular complexity index is 995. The van der Waals surface area contributed by atoms with Gasteiger partial charge in [-0.1, -0.05) is 35.9 Å². The predicted molar refractivity (Wildman–Crippen MR) is 120 cm³/mol. The minimum atomic E-state index is 0.0595. The Hall–Kier alpha value is -2.21. The van der Waals surface area contributed by atoms with Gasteiger partial charge in [0.15, 0.2) is 0 Å². The number of anilines is 1. The first-order valence-corrected chi connectivity index (χ1v) is 11.1. The quantitative estimate of drug-likeness (QED) is 0.576. The second-order valence-electron chi connectivity index (χ2n) is 7.48. The second-order valence-corrected chi connectivity index (χ2v) is 9.23. The number of nitrogens with zero attached hydrogens (tertiary/aromatic N) is 2. The molecule has 1 saturated heterocycles. The van der Waals surface area contributed by atoms with Gasteiger partial charge in [-0.2, -0.15) is 0 Å². The summed E-state index contributed by atoms with van der Waals surface area (Å²) in [7, 11) is 0. The molecular weight excluding hydrogens is 402 g/mol. The van der Waals surface area contributed by atoms with Crippen molar-refractivity contribution >= 4 is 34.5 Å². The first kappa shape index (κ1) is 20.1. The molecule has 2 aromatic carbocycles. The number of carbonyl (C=O) groups excluding carboxylic acids is 1. The lowest BCUT2D eigenvalue weighted by molar-refractivity contribution is -0.121. The third kappa shape index (κ3) is 5.24. The number of amides is 1. The molecule has 4 rings (SSSR count). The Balaban J connectivity index is 1.33. The molecule has 0 spiro atoms. The van der Waals surface area contributed by atoms with Crippen molar-refractivity contribution in [2.75, 3.05) is 18.4 Å². The topological polar surface area (TPSA) is 45.2 Å². The lowest BCUT2D eigenvalue weighted by Gasteiger charge is -2.30. The van der Waals surface area contributed by atoms with E-state index in [1.165, 1.54) is 4.88 Å². The first-order valence-electron chi connectivity index (χ1n) is 9.87. The molecule has 0 radical (unpaired) electrons. The van der Waals surface area contributed by atoms with E-state index < -0.39 is 0 Å². The molecule has 1 aliphatic heterocycles. The fourth-order valence-corrected chi connectivity index (χ4v) is 4.77. The fraction of sp³-hybridized carbons (Fsp3) is 0.304. The molecule has 3 aromatic rings. The minimum Gasteiger partial charge on any atom is -0.326 e. The number of thiazole rings is 1. The SMILES string of the molecule is Cc1ncc(CN2CCC(C(=O)Nc3cccc(-c4cccc(Cl)c4)c3)CC2)s1. The number of benzene rings is 2. The maximum absolute atomic E-state index is 12.8. The first-order chi connectivity index (χ1) is 14.1. The van der Waals surface area contributed by atoms with E-state index in [4.69, 9.17) is 11.6 Å². The number of hydrogen-bond donors (Lipinski definition) is 1. The summed E-state index contributed by atoms with van der Waals surface area (Å²) in [4.78, 5) is 20.8. The third-order valence-electron chi connectivity index (χ3n) is 5.30. The van der Waals surface area contributed by atoms with Crippen molar-refractivity contribution in [1.29, 1.82) is 0 Å². The highest BCUT2D eigenvalue weighted by molar-refractivity contribution is 7.11. The van der Waals surface area contributed by atoms with Gasteiger partial charge in [0.05, 0.1) is 5.01 Å². The molecule has 0 saturated carbocycles. The number of carbonyl (C=O) groups is 1. The van der Waals surface area contributed by atoms with E-state index >= 15 is 0 Å². The zero-order valence-corrected chi connectivity index (χ0v) is 18.0. The smallest absolute Gasteiger partial charge is 0.227 e. The summed E-state index contributed by atoms with van der Waals surface area (Å²) in [5.41, 5.74) is 2.91.